The van der Waals surface area contributed by atoms with E-state index < -0.39 is 37.3 Å². The molecule has 1 aromatic heterocycles. The van der Waals surface area contributed by atoms with Crippen molar-refractivity contribution in [1.29, 1.82) is 0 Å². The molecule has 4 aliphatic rings. The number of nitrogens with two attached hydrogens (primary N) is 1. The monoisotopic (exact) mass is 1430 g/mol. The van der Waals surface area contributed by atoms with Gasteiger partial charge in [-0.3, -0.25) is 14.1 Å². The SMILES string of the molecule is Cc1nn(-c2ccc(C(N)=O)c(NCCCOCCOCCOCCOCCOCCCNCc3ccc(C4=C(/C=C/C5=[N+](CCCCS(=O)(=O)[O-])c6ccc7ccccc7c6C5(C)C)CCC/C4=C\C=C4\N(CCCCS(=O)(=O)O)c5ccccc5C4(C)C)cc3)c2)c2c1C(=O)CC(C)(C)C2. The molecule has 5 N–H and O–H groups in total. The third-order valence-corrected chi connectivity index (χ3v) is 21.3. The molecular formula is C80H103N7O13S2. The van der Waals surface area contributed by atoms with Crippen molar-refractivity contribution in [3.63, 3.8) is 0 Å². The zero-order valence-electron chi connectivity index (χ0n) is 60.5. The Kier molecular flexibility index (Phi) is 26.4. The number of anilines is 2. The largest absolute Gasteiger partial charge is 0.748 e. The van der Waals surface area contributed by atoms with Crippen molar-refractivity contribution in [3.05, 3.63) is 189 Å². The second-order valence-corrected chi connectivity index (χ2v) is 31.9. The molecule has 0 unspecified atom stereocenters. The quantitative estimate of drug-likeness (QED) is 0.0159. The fourth-order valence-corrected chi connectivity index (χ4v) is 16.0. The summed E-state index contributed by atoms with van der Waals surface area (Å²) in [7, 11) is -8.42. The van der Waals surface area contributed by atoms with Gasteiger partial charge in [0.05, 0.1) is 102 Å². The molecule has 22 heteroatoms. The molecule has 5 aromatic carbocycles. The minimum absolute atomic E-state index is 0.107. The number of fused-ring (bicyclic) bond motifs is 5. The van der Waals surface area contributed by atoms with Crippen molar-refractivity contribution in [2.75, 3.05) is 114 Å². The second kappa shape index (κ2) is 34.9. The molecule has 548 valence electrons. The van der Waals surface area contributed by atoms with E-state index in [2.05, 4.69) is 165 Å². The highest BCUT2D eigenvalue weighted by atomic mass is 32.2. The maximum Gasteiger partial charge on any atom is 0.264 e. The lowest BCUT2D eigenvalue weighted by Crippen LogP contribution is -2.28. The number of benzene rings is 5. The van der Waals surface area contributed by atoms with Gasteiger partial charge in [0.2, 0.25) is 5.69 Å². The van der Waals surface area contributed by atoms with Crippen LogP contribution in [0.1, 0.15) is 160 Å². The molecule has 3 heterocycles. The Labute approximate surface area is 603 Å². The van der Waals surface area contributed by atoms with Gasteiger partial charge in [0.1, 0.15) is 6.54 Å². The first kappa shape index (κ1) is 77.1. The number of primary amides is 1. The summed E-state index contributed by atoms with van der Waals surface area (Å²) in [6.07, 6.45) is 16.2. The van der Waals surface area contributed by atoms with E-state index in [1.807, 2.05) is 29.8 Å². The molecule has 10 rings (SSSR count). The molecule has 0 atom stereocenters. The standard InChI is InChI=1S/C80H103N7O13S2/c1-57-74-70(54-78(2,3)55-71(74)88)87(84-57)63-32-33-65(77(81)89)67(53-63)83-38-18-42-97-44-46-99-48-50-100-49-47-98-45-43-96-41-17-37-82-56-58-25-27-62(28-26-58)75-60(30-35-72-79(4,5)66-23-10-11-24-68(66)85(72)39-12-14-51-101(90,91)92)20-16-21-61(75)31-36-73-80(6,7)76-64-22-9-8-19-59(64)29-34-69(76)86(73)40-13-15-52-102(93,94)95/h8-11,19,22-36,53,82H,12-18,20-21,37-52,54-56H2,1-7H3,(H4-,81,83,89,90,91,92,93,94,95). The molecule has 20 nitrogen and oxygen atoms in total. The number of hydrogen-bond donors (Lipinski definition) is 4. The lowest BCUT2D eigenvalue weighted by molar-refractivity contribution is -0.438. The molecule has 0 bridgehead atoms. The third kappa shape index (κ3) is 19.9. The average molecular weight is 1430 g/mol. The number of rotatable bonds is 39. The van der Waals surface area contributed by atoms with E-state index in [1.165, 1.54) is 33.2 Å². The van der Waals surface area contributed by atoms with Crippen LogP contribution in [0.25, 0.3) is 22.0 Å². The number of carbonyl (C=O) groups excluding carboxylic acids is 2. The van der Waals surface area contributed by atoms with Gasteiger partial charge >= 0.3 is 0 Å². The number of unbranched alkanes of at least 4 members (excludes halogenated alkanes) is 2. The van der Waals surface area contributed by atoms with Gasteiger partial charge in [-0.05, 0) is 171 Å². The molecule has 6 aromatic rings. The Morgan fingerprint density at radius 1 is 0.716 bits per heavy atom. The molecule has 0 saturated carbocycles. The summed E-state index contributed by atoms with van der Waals surface area (Å²) in [6.45, 7) is 22.9. The van der Waals surface area contributed by atoms with Crippen LogP contribution in [0.5, 0.6) is 0 Å². The summed E-state index contributed by atoms with van der Waals surface area (Å²) < 4.78 is 101. The fraction of sp³-hybridized carbons (Fsp3) is 0.475. The summed E-state index contributed by atoms with van der Waals surface area (Å²) in [6, 6.07) is 35.4. The number of amides is 1. The number of nitrogens with zero attached hydrogens (tertiary/aromatic N) is 4. The lowest BCUT2D eigenvalue weighted by atomic mass is 9.75. The number of ether oxygens (including phenoxy) is 5. The zero-order valence-corrected chi connectivity index (χ0v) is 62.1. The molecule has 2 aliphatic carbocycles. The maximum atomic E-state index is 13.0. The molecule has 0 radical (unpaired) electrons. The van der Waals surface area contributed by atoms with Gasteiger partial charge in [0.25, 0.3) is 16.0 Å². The smallest absolute Gasteiger partial charge is 0.264 e. The van der Waals surface area contributed by atoms with Crippen molar-refractivity contribution in [2.45, 2.75) is 136 Å². The van der Waals surface area contributed by atoms with Crippen LogP contribution >= 0.6 is 0 Å². The Morgan fingerprint density at radius 2 is 1.37 bits per heavy atom. The van der Waals surface area contributed by atoms with Crippen LogP contribution in [-0.2, 0) is 67.7 Å². The average Bonchev–Trinajstić information content (AvgIpc) is 1.59. The maximum absolute atomic E-state index is 13.0. The number of nitrogens with one attached hydrogen (secondary N) is 2. The van der Waals surface area contributed by atoms with Crippen molar-refractivity contribution in [2.24, 2.45) is 11.1 Å². The van der Waals surface area contributed by atoms with E-state index in [9.17, 15) is 35.5 Å². The normalized spacial score (nSPS) is 17.2. The molecular weight excluding hydrogens is 1330 g/mol. The number of aromatic nitrogens is 2. The minimum atomic E-state index is -4.35. The Hall–Kier alpha value is -7.48. The van der Waals surface area contributed by atoms with E-state index in [4.69, 9.17) is 34.5 Å². The minimum Gasteiger partial charge on any atom is -0.748 e. The molecule has 1 amide bonds. The number of aryl methyl sites for hydroxylation is 1. The topological polar surface area (TPSA) is 266 Å². The number of carbonyl (C=O) groups is 2. The first-order valence-corrected chi connectivity index (χ1v) is 39.2. The zero-order chi connectivity index (χ0) is 72.7. The number of para-hydroxylation sites is 1. The van der Waals surface area contributed by atoms with Gasteiger partial charge in [0, 0.05) is 91.6 Å². The van der Waals surface area contributed by atoms with Crippen molar-refractivity contribution < 1.29 is 63.8 Å². The predicted octanol–water partition coefficient (Wildman–Crippen LogP) is 12.8. The molecule has 0 saturated heterocycles. The van der Waals surface area contributed by atoms with Crippen molar-refractivity contribution in [3.8, 4) is 5.69 Å². The summed E-state index contributed by atoms with van der Waals surface area (Å²) in [5.41, 5.74) is 21.5. The number of Topliss-reactive ketones (excluding diaryl/α,β-unsaturated/α-hetero) is 1. The van der Waals surface area contributed by atoms with Crippen LogP contribution in [0.2, 0.25) is 0 Å². The molecule has 0 spiro atoms. The van der Waals surface area contributed by atoms with Gasteiger partial charge in [-0.2, -0.15) is 18.1 Å². The fourth-order valence-electron chi connectivity index (χ4n) is 14.8. The number of ketones is 1. The van der Waals surface area contributed by atoms with Crippen LogP contribution < -0.4 is 21.3 Å². The first-order chi connectivity index (χ1) is 48.8. The molecule has 0 fully saturated rings. The highest BCUT2D eigenvalue weighted by Gasteiger charge is 2.46. The summed E-state index contributed by atoms with van der Waals surface area (Å²) in [5, 5.41) is 14.0. The third-order valence-electron chi connectivity index (χ3n) is 19.7. The lowest BCUT2D eigenvalue weighted by Gasteiger charge is -2.29. The second-order valence-electron chi connectivity index (χ2n) is 28.9. The highest BCUT2D eigenvalue weighted by molar-refractivity contribution is 7.85. The van der Waals surface area contributed by atoms with Gasteiger partial charge in [-0.1, -0.05) is 107 Å². The highest BCUT2D eigenvalue weighted by Crippen LogP contribution is 2.49. The van der Waals surface area contributed by atoms with Gasteiger partial charge in [-0.15, -0.1) is 0 Å². The van der Waals surface area contributed by atoms with Crippen LogP contribution in [0.15, 0.2) is 144 Å². The summed E-state index contributed by atoms with van der Waals surface area (Å²) >= 11 is 0. The van der Waals surface area contributed by atoms with Gasteiger partial charge < -0.3 is 49.5 Å². The number of hydrogen-bond acceptors (Lipinski definition) is 16. The van der Waals surface area contributed by atoms with E-state index in [0.717, 1.165) is 89.3 Å². The van der Waals surface area contributed by atoms with E-state index in [-0.39, 0.29) is 28.8 Å². The van der Waals surface area contributed by atoms with Gasteiger partial charge in [-0.25, -0.2) is 13.1 Å². The molecule has 2 aliphatic heterocycles. The van der Waals surface area contributed by atoms with Crippen LogP contribution in [0.3, 0.4) is 0 Å². The summed E-state index contributed by atoms with van der Waals surface area (Å²) in [5.74, 6) is -1.11. The van der Waals surface area contributed by atoms with E-state index in [1.54, 1.807) is 6.07 Å². The van der Waals surface area contributed by atoms with E-state index in [0.29, 0.717) is 147 Å². The summed E-state index contributed by atoms with van der Waals surface area (Å²) in [4.78, 5) is 27.6. The van der Waals surface area contributed by atoms with Crippen LogP contribution in [-0.4, -0.2) is 161 Å². The first-order valence-electron chi connectivity index (χ1n) is 36.1. The van der Waals surface area contributed by atoms with E-state index >= 15 is 0 Å². The van der Waals surface area contributed by atoms with Gasteiger partial charge in [0.15, 0.2) is 11.5 Å². The Morgan fingerprint density at radius 3 is 2.06 bits per heavy atom. The molecule has 102 heavy (non-hydrogen) atoms. The Balaban J connectivity index is 0.675. The Bertz CT molecular complexity index is 4360. The van der Waals surface area contributed by atoms with Crippen LogP contribution in [0, 0.1) is 12.3 Å². The predicted molar refractivity (Wildman–Crippen MR) is 402 cm³/mol. The van der Waals surface area contributed by atoms with Crippen molar-refractivity contribution in [1.82, 2.24) is 15.1 Å². The number of allylic oxidation sites excluding steroid dienone is 8. The van der Waals surface area contributed by atoms with Crippen LogP contribution in [0.4, 0.5) is 17.1 Å². The van der Waals surface area contributed by atoms with Crippen molar-refractivity contribution >= 4 is 71.0 Å².